The molecule has 0 radical (unpaired) electrons. The molecule has 1 aliphatic carbocycles. The Morgan fingerprint density at radius 2 is 1.34 bits per heavy atom. The maximum atomic E-state index is 5.00. The molecule has 0 bridgehead atoms. The summed E-state index contributed by atoms with van der Waals surface area (Å²) in [6, 6.07) is 24.5. The molecule has 0 heterocycles. The molecule has 0 saturated heterocycles. The van der Waals surface area contributed by atoms with Gasteiger partial charge < -0.3 is 5.32 Å². The van der Waals surface area contributed by atoms with E-state index < -0.39 is 17.0 Å². The summed E-state index contributed by atoms with van der Waals surface area (Å²) in [5, 5.41) is 5.00. The van der Waals surface area contributed by atoms with E-state index in [1.165, 1.54) is 38.9 Å². The van der Waals surface area contributed by atoms with Crippen molar-refractivity contribution in [3.63, 3.8) is 0 Å². The van der Waals surface area contributed by atoms with Crippen LogP contribution in [0.1, 0.15) is 50.4 Å². The molecule has 0 fully saturated rings. The first-order chi connectivity index (χ1) is 13.9. The second-order valence-electron chi connectivity index (χ2n) is 8.31. The van der Waals surface area contributed by atoms with Crippen LogP contribution in [-0.2, 0) is 23.5 Å². The third-order valence-electron chi connectivity index (χ3n) is 5.10. The number of benzene rings is 3. The van der Waals surface area contributed by atoms with Gasteiger partial charge in [0, 0.05) is 0 Å². The van der Waals surface area contributed by atoms with Crippen molar-refractivity contribution in [2.75, 3.05) is 0 Å². The SMILES string of the molecule is CC([N-]C(C)(C)C)c1ccccc1-c1cccc2c1-c1ccccc1C2.[Cl][Ti][Cl]. The van der Waals surface area contributed by atoms with Crippen molar-refractivity contribution >= 4 is 18.6 Å². The van der Waals surface area contributed by atoms with Crippen molar-refractivity contribution in [2.24, 2.45) is 0 Å². The summed E-state index contributed by atoms with van der Waals surface area (Å²) in [6.45, 7) is 8.72. The first-order valence-corrected chi connectivity index (χ1v) is 14.1. The molecule has 1 aliphatic rings. The van der Waals surface area contributed by atoms with Crippen molar-refractivity contribution in [1.82, 2.24) is 0 Å². The summed E-state index contributed by atoms with van der Waals surface area (Å²) >= 11 is -0.556. The number of fused-ring (bicyclic) bond motifs is 3. The minimum atomic E-state index is -0.556. The zero-order valence-electron chi connectivity index (χ0n) is 17.3. The molecule has 0 N–H and O–H groups in total. The average Bonchev–Trinajstić information content (AvgIpc) is 3.06. The Balaban J connectivity index is 0.000000755. The van der Waals surface area contributed by atoms with Gasteiger partial charge in [-0.05, 0) is 39.8 Å². The monoisotopic (exact) mass is 458 g/mol. The van der Waals surface area contributed by atoms with Crippen molar-refractivity contribution in [3.8, 4) is 22.3 Å². The Hall–Kier alpha value is -1.09. The molecule has 150 valence electrons. The van der Waals surface area contributed by atoms with E-state index >= 15 is 0 Å². The summed E-state index contributed by atoms with van der Waals surface area (Å²) in [5.74, 6) is 0. The van der Waals surface area contributed by atoms with E-state index in [2.05, 4.69) is 94.4 Å². The van der Waals surface area contributed by atoms with Crippen LogP contribution in [0.4, 0.5) is 0 Å². The van der Waals surface area contributed by atoms with E-state index in [0.29, 0.717) is 0 Å². The zero-order chi connectivity index (χ0) is 21.0. The average molecular weight is 459 g/mol. The number of nitrogens with zero attached hydrogens (tertiary/aromatic N) is 1. The molecule has 0 saturated carbocycles. The quantitative estimate of drug-likeness (QED) is 0.273. The summed E-state index contributed by atoms with van der Waals surface area (Å²) < 4.78 is 0. The number of halogens is 2. The second kappa shape index (κ2) is 9.81. The topological polar surface area (TPSA) is 14.1 Å². The minimum absolute atomic E-state index is 0.0439. The van der Waals surface area contributed by atoms with Crippen LogP contribution in [0.15, 0.2) is 66.7 Å². The van der Waals surface area contributed by atoms with Gasteiger partial charge in [0.15, 0.2) is 0 Å². The van der Waals surface area contributed by atoms with Crippen LogP contribution in [-0.4, -0.2) is 5.54 Å². The molecule has 4 rings (SSSR count). The number of hydrogen-bond donors (Lipinski definition) is 0. The molecule has 1 unspecified atom stereocenters. The maximum absolute atomic E-state index is 5.00. The fourth-order valence-electron chi connectivity index (χ4n) is 4.17. The Morgan fingerprint density at radius 3 is 2.03 bits per heavy atom. The van der Waals surface area contributed by atoms with E-state index in [1.54, 1.807) is 0 Å². The van der Waals surface area contributed by atoms with Gasteiger partial charge in [-0.3, -0.25) is 0 Å². The normalized spacial score (nSPS) is 13.0. The molecule has 3 aromatic carbocycles. The van der Waals surface area contributed by atoms with Crippen LogP contribution >= 0.6 is 18.6 Å². The zero-order valence-corrected chi connectivity index (χ0v) is 20.4. The third-order valence-corrected chi connectivity index (χ3v) is 5.10. The van der Waals surface area contributed by atoms with Crippen LogP contribution in [0, 0.1) is 0 Å². The van der Waals surface area contributed by atoms with Crippen molar-refractivity contribution in [3.05, 3.63) is 88.7 Å². The van der Waals surface area contributed by atoms with E-state index in [9.17, 15) is 0 Å². The molecule has 29 heavy (non-hydrogen) atoms. The Bertz CT molecular complexity index is 979. The number of hydrogen-bond acceptors (Lipinski definition) is 0. The first-order valence-electron chi connectivity index (χ1n) is 9.83. The Labute approximate surface area is 191 Å². The van der Waals surface area contributed by atoms with Gasteiger partial charge in [-0.2, -0.15) is 0 Å². The molecule has 1 atom stereocenters. The van der Waals surface area contributed by atoms with Crippen LogP contribution in [0.2, 0.25) is 0 Å². The molecule has 0 aliphatic heterocycles. The van der Waals surface area contributed by atoms with E-state index in [4.69, 9.17) is 23.9 Å². The van der Waals surface area contributed by atoms with Gasteiger partial charge in [0.05, 0.1) is 0 Å². The Kier molecular flexibility index (Phi) is 7.65. The van der Waals surface area contributed by atoms with Gasteiger partial charge in [0.25, 0.3) is 0 Å². The van der Waals surface area contributed by atoms with E-state index in [0.717, 1.165) is 6.42 Å². The van der Waals surface area contributed by atoms with Gasteiger partial charge in [-0.25, -0.2) is 0 Å². The van der Waals surface area contributed by atoms with Crippen molar-refractivity contribution < 1.29 is 17.0 Å². The summed E-state index contributed by atoms with van der Waals surface area (Å²) in [4.78, 5) is 0. The van der Waals surface area contributed by atoms with E-state index in [1.807, 2.05) is 0 Å². The van der Waals surface area contributed by atoms with Crippen LogP contribution in [0.5, 0.6) is 0 Å². The van der Waals surface area contributed by atoms with Gasteiger partial charge in [0.2, 0.25) is 0 Å². The van der Waals surface area contributed by atoms with Crippen molar-refractivity contribution in [1.29, 1.82) is 0 Å². The fraction of sp³-hybridized carbons (Fsp3) is 0.280. The van der Waals surface area contributed by atoms with Gasteiger partial charge in [-0.15, -0.1) is 11.6 Å². The Morgan fingerprint density at radius 1 is 0.793 bits per heavy atom. The molecule has 0 aromatic heterocycles. The van der Waals surface area contributed by atoms with Crippen molar-refractivity contribution in [2.45, 2.75) is 45.7 Å². The van der Waals surface area contributed by atoms with Crippen LogP contribution in [0.3, 0.4) is 0 Å². The molecule has 4 heteroatoms. The van der Waals surface area contributed by atoms with E-state index in [-0.39, 0.29) is 11.6 Å². The molecule has 3 aromatic rings. The first kappa shape index (κ1) is 22.6. The van der Waals surface area contributed by atoms with Gasteiger partial charge >= 0.3 is 35.6 Å². The standard InChI is InChI=1S/C25H26N.2ClH.Ti/c1-17(26-25(2,3)4)20-12-7-8-14-22(20)23-15-9-11-19-16-18-10-5-6-13-21(18)24(19)23;;;/h5-15,17H,16H2,1-4H3;2*1H;/q-1;;;+2/p-2. The van der Waals surface area contributed by atoms with Gasteiger partial charge in [-0.1, -0.05) is 100.0 Å². The fourth-order valence-corrected chi connectivity index (χ4v) is 4.17. The molecule has 0 spiro atoms. The predicted octanol–water partition coefficient (Wildman–Crippen LogP) is 8.53. The summed E-state index contributed by atoms with van der Waals surface area (Å²) in [5.41, 5.74) is 9.55. The third kappa shape index (κ3) is 5.34. The number of rotatable bonds is 3. The second-order valence-corrected chi connectivity index (χ2v) is 10.9. The molecule has 1 nitrogen and oxygen atoms in total. The summed E-state index contributed by atoms with van der Waals surface area (Å²) in [6.07, 6.45) is 1.03. The van der Waals surface area contributed by atoms with Gasteiger partial charge in [0.1, 0.15) is 0 Å². The van der Waals surface area contributed by atoms with Crippen LogP contribution in [0.25, 0.3) is 27.6 Å². The molecular weight excluding hydrogens is 433 g/mol. The van der Waals surface area contributed by atoms with Crippen LogP contribution < -0.4 is 0 Å². The molecular formula is C25H26Cl2NTi-. The predicted molar refractivity (Wildman–Crippen MR) is 123 cm³/mol. The molecule has 0 amide bonds. The summed E-state index contributed by atoms with van der Waals surface area (Å²) in [7, 11) is 9.78.